The Morgan fingerprint density at radius 1 is 1.36 bits per heavy atom. The van der Waals surface area contributed by atoms with Crippen molar-refractivity contribution in [2.24, 2.45) is 0 Å². The molecule has 0 spiro atoms. The molecular weight excluding hydrogens is 332 g/mol. The van der Waals surface area contributed by atoms with Gasteiger partial charge in [0.1, 0.15) is 11.1 Å². The third kappa shape index (κ3) is 3.33. The number of carbonyl (C=O) groups excluding carboxylic acids is 1. The van der Waals surface area contributed by atoms with Gasteiger partial charge in [-0.05, 0) is 36.5 Å². The van der Waals surface area contributed by atoms with Crippen LogP contribution in [0, 0.1) is 10.1 Å². The number of carbonyl (C=O) groups is 2. The maximum atomic E-state index is 12.3. The number of nitro groups is 1. The lowest BCUT2D eigenvalue weighted by Crippen LogP contribution is -2.56. The SMILES string of the molecule is O=C(NC1(C(=O)O)CCSCC1)c1ccc(Cl)cc1[N+](=O)[O-]. The van der Waals surface area contributed by atoms with Crippen LogP contribution in [-0.2, 0) is 4.79 Å². The van der Waals surface area contributed by atoms with E-state index in [4.69, 9.17) is 11.6 Å². The number of carboxylic acids is 1. The third-order valence-corrected chi connectivity index (χ3v) is 4.73. The van der Waals surface area contributed by atoms with E-state index in [1.165, 1.54) is 12.1 Å². The first kappa shape index (κ1) is 16.6. The fraction of sp³-hybridized carbons (Fsp3) is 0.385. The maximum Gasteiger partial charge on any atom is 0.329 e. The zero-order valence-corrected chi connectivity index (χ0v) is 12.9. The Kier molecular flexibility index (Phi) is 4.92. The number of amides is 1. The van der Waals surface area contributed by atoms with Gasteiger partial charge in [0.25, 0.3) is 11.6 Å². The highest BCUT2D eigenvalue weighted by Gasteiger charge is 2.42. The molecule has 2 rings (SSSR count). The lowest BCUT2D eigenvalue weighted by Gasteiger charge is -2.33. The van der Waals surface area contributed by atoms with E-state index in [-0.39, 0.29) is 23.4 Å². The van der Waals surface area contributed by atoms with Gasteiger partial charge in [0.15, 0.2) is 0 Å². The predicted molar refractivity (Wildman–Crippen MR) is 82.5 cm³/mol. The summed E-state index contributed by atoms with van der Waals surface area (Å²) >= 11 is 7.31. The Balaban J connectivity index is 2.32. The molecule has 0 radical (unpaired) electrons. The van der Waals surface area contributed by atoms with Crippen LogP contribution in [0.1, 0.15) is 23.2 Å². The second-order valence-corrected chi connectivity index (χ2v) is 6.53. The highest BCUT2D eigenvalue weighted by molar-refractivity contribution is 7.99. The molecule has 0 saturated carbocycles. The number of hydrogen-bond acceptors (Lipinski definition) is 5. The number of nitro benzene ring substituents is 1. The first-order valence-corrected chi connectivity index (χ1v) is 7.96. The molecule has 1 heterocycles. The van der Waals surface area contributed by atoms with Gasteiger partial charge in [-0.15, -0.1) is 0 Å². The van der Waals surface area contributed by atoms with Crippen LogP contribution in [0.3, 0.4) is 0 Å². The van der Waals surface area contributed by atoms with Crippen LogP contribution in [0.4, 0.5) is 5.69 Å². The number of nitrogens with one attached hydrogen (secondary N) is 1. The molecular formula is C13H13ClN2O5S. The van der Waals surface area contributed by atoms with E-state index in [0.29, 0.717) is 11.5 Å². The number of thioether (sulfide) groups is 1. The molecule has 22 heavy (non-hydrogen) atoms. The van der Waals surface area contributed by atoms with Crippen LogP contribution in [0.15, 0.2) is 18.2 Å². The van der Waals surface area contributed by atoms with Crippen molar-refractivity contribution in [3.05, 3.63) is 38.9 Å². The van der Waals surface area contributed by atoms with E-state index in [2.05, 4.69) is 5.32 Å². The summed E-state index contributed by atoms with van der Waals surface area (Å²) in [5.41, 5.74) is -2.03. The van der Waals surface area contributed by atoms with Crippen LogP contribution in [0.5, 0.6) is 0 Å². The first-order chi connectivity index (χ1) is 10.4. The third-order valence-electron chi connectivity index (χ3n) is 3.51. The summed E-state index contributed by atoms with van der Waals surface area (Å²) in [6, 6.07) is 3.65. The minimum absolute atomic E-state index is 0.130. The average molecular weight is 345 g/mol. The van der Waals surface area contributed by atoms with Gasteiger partial charge >= 0.3 is 5.97 Å². The summed E-state index contributed by atoms with van der Waals surface area (Å²) in [5, 5.41) is 23.1. The van der Waals surface area contributed by atoms with Gasteiger partial charge in [-0.25, -0.2) is 4.79 Å². The molecule has 7 nitrogen and oxygen atoms in total. The minimum Gasteiger partial charge on any atom is -0.480 e. The largest absolute Gasteiger partial charge is 0.480 e. The second kappa shape index (κ2) is 6.53. The van der Waals surface area contributed by atoms with Gasteiger partial charge in [-0.3, -0.25) is 14.9 Å². The van der Waals surface area contributed by atoms with Crippen LogP contribution in [0.2, 0.25) is 5.02 Å². The van der Waals surface area contributed by atoms with Crippen LogP contribution < -0.4 is 5.32 Å². The quantitative estimate of drug-likeness (QED) is 0.640. The molecule has 1 saturated heterocycles. The molecule has 1 aromatic carbocycles. The summed E-state index contributed by atoms with van der Waals surface area (Å²) in [5.74, 6) is -0.694. The number of carboxylic acid groups (broad SMARTS) is 1. The van der Waals surface area contributed by atoms with E-state index >= 15 is 0 Å². The van der Waals surface area contributed by atoms with Gasteiger partial charge in [0, 0.05) is 11.1 Å². The molecule has 2 N–H and O–H groups in total. The number of rotatable bonds is 4. The zero-order chi connectivity index (χ0) is 16.3. The second-order valence-electron chi connectivity index (χ2n) is 4.87. The Bertz CT molecular complexity index is 631. The molecule has 0 atom stereocenters. The van der Waals surface area contributed by atoms with E-state index < -0.39 is 28.0 Å². The standard InChI is InChI=1S/C13H13ClN2O5S/c14-8-1-2-9(10(7-8)16(20)21)11(17)15-13(12(18)19)3-5-22-6-4-13/h1-2,7H,3-6H2,(H,15,17)(H,18,19). The topological polar surface area (TPSA) is 110 Å². The lowest BCUT2D eigenvalue weighted by atomic mass is 9.91. The van der Waals surface area contributed by atoms with Crippen molar-refractivity contribution in [2.75, 3.05) is 11.5 Å². The fourth-order valence-electron chi connectivity index (χ4n) is 2.24. The summed E-state index contributed by atoms with van der Waals surface area (Å²) in [7, 11) is 0. The van der Waals surface area contributed by atoms with Gasteiger partial charge in [0.05, 0.1) is 4.92 Å². The van der Waals surface area contributed by atoms with Crippen molar-refractivity contribution in [3.8, 4) is 0 Å². The number of aliphatic carboxylic acids is 1. The summed E-state index contributed by atoms with van der Waals surface area (Å²) in [4.78, 5) is 34.2. The zero-order valence-electron chi connectivity index (χ0n) is 11.4. The summed E-state index contributed by atoms with van der Waals surface area (Å²) in [6.45, 7) is 0. The Labute approximate surface area is 135 Å². The minimum atomic E-state index is -1.38. The van der Waals surface area contributed by atoms with Gasteiger partial charge < -0.3 is 10.4 Å². The molecule has 1 aromatic rings. The number of nitrogens with zero attached hydrogens (tertiary/aromatic N) is 1. The molecule has 118 valence electrons. The normalized spacial score (nSPS) is 16.8. The highest BCUT2D eigenvalue weighted by atomic mass is 35.5. The number of halogens is 1. The fourth-order valence-corrected chi connectivity index (χ4v) is 3.60. The van der Waals surface area contributed by atoms with Crippen molar-refractivity contribution in [2.45, 2.75) is 18.4 Å². The van der Waals surface area contributed by atoms with Crippen molar-refractivity contribution < 1.29 is 19.6 Å². The van der Waals surface area contributed by atoms with E-state index in [0.717, 1.165) is 6.07 Å². The van der Waals surface area contributed by atoms with Crippen LogP contribution >= 0.6 is 23.4 Å². The molecule has 0 aromatic heterocycles. The first-order valence-electron chi connectivity index (χ1n) is 6.43. The lowest BCUT2D eigenvalue weighted by molar-refractivity contribution is -0.385. The van der Waals surface area contributed by atoms with Gasteiger partial charge in [0.2, 0.25) is 0 Å². The molecule has 0 bridgehead atoms. The average Bonchev–Trinajstić information content (AvgIpc) is 2.47. The van der Waals surface area contributed by atoms with Gasteiger partial charge in [-0.1, -0.05) is 11.6 Å². The molecule has 0 aliphatic carbocycles. The van der Waals surface area contributed by atoms with Crippen molar-refractivity contribution in [1.29, 1.82) is 0 Å². The van der Waals surface area contributed by atoms with Crippen LogP contribution in [0.25, 0.3) is 0 Å². The van der Waals surface area contributed by atoms with E-state index in [1.807, 2.05) is 0 Å². The molecule has 1 fully saturated rings. The highest BCUT2D eigenvalue weighted by Crippen LogP contribution is 2.29. The summed E-state index contributed by atoms with van der Waals surface area (Å²) < 4.78 is 0. The number of benzene rings is 1. The maximum absolute atomic E-state index is 12.3. The van der Waals surface area contributed by atoms with Crippen molar-refractivity contribution >= 4 is 40.9 Å². The monoisotopic (exact) mass is 344 g/mol. The molecule has 1 aliphatic rings. The van der Waals surface area contributed by atoms with E-state index in [9.17, 15) is 24.8 Å². The smallest absolute Gasteiger partial charge is 0.329 e. The van der Waals surface area contributed by atoms with Gasteiger partial charge in [-0.2, -0.15) is 11.8 Å². The Morgan fingerprint density at radius 3 is 2.55 bits per heavy atom. The van der Waals surface area contributed by atoms with Crippen molar-refractivity contribution in [3.63, 3.8) is 0 Å². The predicted octanol–water partition coefficient (Wildman–Crippen LogP) is 2.33. The Hall–Kier alpha value is -1.80. The molecule has 1 aliphatic heterocycles. The molecule has 9 heteroatoms. The van der Waals surface area contributed by atoms with Crippen LogP contribution in [-0.4, -0.2) is 39.0 Å². The molecule has 1 amide bonds. The van der Waals surface area contributed by atoms with Crippen molar-refractivity contribution in [1.82, 2.24) is 5.32 Å². The number of hydrogen-bond donors (Lipinski definition) is 2. The van der Waals surface area contributed by atoms with E-state index in [1.54, 1.807) is 11.8 Å². The summed E-state index contributed by atoms with van der Waals surface area (Å²) in [6.07, 6.45) is 0.556. The molecule has 0 unspecified atom stereocenters. The Morgan fingerprint density at radius 2 is 2.00 bits per heavy atom.